The Hall–Kier alpha value is -3.90. The number of thiophene rings is 1. The highest BCUT2D eigenvalue weighted by atomic mass is 35.5. The number of methoxy groups -OCH3 is 1. The molecule has 13 heteroatoms. The fourth-order valence-corrected chi connectivity index (χ4v) is 4.78. The van der Waals surface area contributed by atoms with Gasteiger partial charge in [0.1, 0.15) is 17.1 Å². The van der Waals surface area contributed by atoms with E-state index in [-0.39, 0.29) is 16.0 Å². The molecular formula is C24H18ClF3N4O4S. The third-order valence-corrected chi connectivity index (χ3v) is 6.75. The lowest BCUT2D eigenvalue weighted by Gasteiger charge is -2.10. The van der Waals surface area contributed by atoms with Crippen molar-refractivity contribution in [2.45, 2.75) is 19.6 Å². The number of hydrogen-bond acceptors (Lipinski definition) is 6. The summed E-state index contributed by atoms with van der Waals surface area (Å²) >= 11 is 7.02. The SMILES string of the molecule is COc1ccc(Cl)cc1NC(=O)c1sc2ncn(CC(=O)Nc3cccc(C(F)(F)F)c3)c(=O)c2c1C. The summed E-state index contributed by atoms with van der Waals surface area (Å²) in [6, 6.07) is 8.88. The average molecular weight is 551 g/mol. The van der Waals surface area contributed by atoms with E-state index in [1.54, 1.807) is 19.1 Å². The minimum atomic E-state index is -4.56. The first-order valence-electron chi connectivity index (χ1n) is 10.6. The summed E-state index contributed by atoms with van der Waals surface area (Å²) in [5, 5.41) is 5.60. The largest absolute Gasteiger partial charge is 0.495 e. The molecule has 0 radical (unpaired) electrons. The van der Waals surface area contributed by atoms with Crippen LogP contribution < -0.4 is 20.9 Å². The van der Waals surface area contributed by atoms with E-state index < -0.39 is 35.7 Å². The Bertz CT molecular complexity index is 1580. The quantitative estimate of drug-likeness (QED) is 0.337. The van der Waals surface area contributed by atoms with E-state index in [1.165, 1.54) is 25.3 Å². The number of benzene rings is 2. The summed E-state index contributed by atoms with van der Waals surface area (Å²) in [6.07, 6.45) is -3.42. The van der Waals surface area contributed by atoms with E-state index in [9.17, 15) is 27.6 Å². The van der Waals surface area contributed by atoms with Crippen LogP contribution in [0.1, 0.15) is 20.8 Å². The smallest absolute Gasteiger partial charge is 0.416 e. The van der Waals surface area contributed by atoms with E-state index in [0.717, 1.165) is 34.4 Å². The second-order valence-electron chi connectivity index (χ2n) is 7.84. The second-order valence-corrected chi connectivity index (χ2v) is 9.27. The van der Waals surface area contributed by atoms with Gasteiger partial charge in [0.25, 0.3) is 11.5 Å². The van der Waals surface area contributed by atoms with Gasteiger partial charge in [-0.3, -0.25) is 19.0 Å². The average Bonchev–Trinajstić information content (AvgIpc) is 3.18. The number of aromatic nitrogens is 2. The van der Waals surface area contributed by atoms with E-state index in [4.69, 9.17) is 16.3 Å². The van der Waals surface area contributed by atoms with Gasteiger partial charge in [0.2, 0.25) is 5.91 Å². The van der Waals surface area contributed by atoms with Crippen LogP contribution in [0.3, 0.4) is 0 Å². The highest BCUT2D eigenvalue weighted by molar-refractivity contribution is 7.20. The first-order valence-corrected chi connectivity index (χ1v) is 11.8. The van der Waals surface area contributed by atoms with E-state index in [2.05, 4.69) is 15.6 Å². The topological polar surface area (TPSA) is 102 Å². The summed E-state index contributed by atoms with van der Waals surface area (Å²) in [4.78, 5) is 43.2. The number of amides is 2. The molecule has 37 heavy (non-hydrogen) atoms. The molecule has 0 aliphatic carbocycles. The first-order chi connectivity index (χ1) is 17.5. The first kappa shape index (κ1) is 26.2. The fraction of sp³-hybridized carbons (Fsp3) is 0.167. The maximum absolute atomic E-state index is 13.1. The van der Waals surface area contributed by atoms with Gasteiger partial charge in [-0.25, -0.2) is 4.98 Å². The maximum Gasteiger partial charge on any atom is 0.416 e. The van der Waals surface area contributed by atoms with Crippen LogP contribution in [-0.4, -0.2) is 28.5 Å². The molecule has 0 aliphatic heterocycles. The van der Waals surface area contributed by atoms with Crippen molar-refractivity contribution in [1.29, 1.82) is 0 Å². The molecule has 0 saturated heterocycles. The van der Waals surface area contributed by atoms with Crippen LogP contribution >= 0.6 is 22.9 Å². The van der Waals surface area contributed by atoms with Crippen LogP contribution in [0.5, 0.6) is 5.75 Å². The van der Waals surface area contributed by atoms with Crippen molar-refractivity contribution in [3.63, 3.8) is 0 Å². The van der Waals surface area contributed by atoms with Crippen molar-refractivity contribution in [1.82, 2.24) is 9.55 Å². The summed E-state index contributed by atoms with van der Waals surface area (Å²) in [5.41, 5.74) is -0.848. The third-order valence-electron chi connectivity index (χ3n) is 5.32. The molecule has 2 heterocycles. The number of halogens is 4. The van der Waals surface area contributed by atoms with Crippen molar-refractivity contribution >= 4 is 56.3 Å². The minimum absolute atomic E-state index is 0.0657. The van der Waals surface area contributed by atoms with Crippen molar-refractivity contribution in [2.24, 2.45) is 0 Å². The zero-order chi connectivity index (χ0) is 26.9. The monoisotopic (exact) mass is 550 g/mol. The van der Waals surface area contributed by atoms with Gasteiger partial charge in [0.15, 0.2) is 0 Å². The fourth-order valence-electron chi connectivity index (χ4n) is 3.57. The molecule has 4 rings (SSSR count). The Kier molecular flexibility index (Phi) is 7.23. The molecule has 2 aromatic heterocycles. The molecule has 2 amide bonds. The zero-order valence-electron chi connectivity index (χ0n) is 19.3. The number of nitrogens with zero attached hydrogens (tertiary/aromatic N) is 2. The predicted molar refractivity (Wildman–Crippen MR) is 135 cm³/mol. The number of fused-ring (bicyclic) bond motifs is 1. The predicted octanol–water partition coefficient (Wildman–Crippen LogP) is 5.34. The van der Waals surface area contributed by atoms with Crippen LogP contribution in [0.15, 0.2) is 53.6 Å². The molecule has 0 aliphatic rings. The van der Waals surface area contributed by atoms with Gasteiger partial charge >= 0.3 is 6.18 Å². The van der Waals surface area contributed by atoms with E-state index >= 15 is 0 Å². The Balaban J connectivity index is 1.57. The molecule has 0 spiro atoms. The highest BCUT2D eigenvalue weighted by Gasteiger charge is 2.30. The van der Waals surface area contributed by atoms with Crippen LogP contribution in [0.2, 0.25) is 5.02 Å². The Morgan fingerprint density at radius 1 is 1.16 bits per heavy atom. The van der Waals surface area contributed by atoms with E-state index in [0.29, 0.717) is 26.9 Å². The van der Waals surface area contributed by atoms with Crippen LogP contribution in [0, 0.1) is 6.92 Å². The minimum Gasteiger partial charge on any atom is -0.495 e. The van der Waals surface area contributed by atoms with Crippen LogP contribution in [0.4, 0.5) is 24.5 Å². The molecule has 2 aromatic carbocycles. The van der Waals surface area contributed by atoms with Crippen LogP contribution in [-0.2, 0) is 17.5 Å². The summed E-state index contributed by atoms with van der Waals surface area (Å²) < 4.78 is 45.0. The van der Waals surface area contributed by atoms with Gasteiger partial charge < -0.3 is 15.4 Å². The molecule has 0 unspecified atom stereocenters. The number of ether oxygens (including phenoxy) is 1. The van der Waals surface area contributed by atoms with Gasteiger partial charge in [-0.1, -0.05) is 17.7 Å². The van der Waals surface area contributed by atoms with Crippen molar-refractivity contribution < 1.29 is 27.5 Å². The van der Waals surface area contributed by atoms with E-state index in [1.807, 2.05) is 0 Å². The molecule has 0 saturated carbocycles. The standard InChI is InChI=1S/C24H18ClF3N4O4S/c1-12-19-22(37-20(12)21(34)31-16-9-14(25)6-7-17(16)36-2)29-11-32(23(19)35)10-18(33)30-15-5-3-4-13(8-15)24(26,27)28/h3-9,11H,10H2,1-2H3,(H,30,33)(H,31,34). The lowest BCUT2D eigenvalue weighted by Crippen LogP contribution is -2.28. The molecule has 192 valence electrons. The second kappa shape index (κ2) is 10.2. The normalized spacial score (nSPS) is 11.4. The van der Waals surface area contributed by atoms with Gasteiger partial charge in [-0.05, 0) is 48.9 Å². The molecule has 8 nitrogen and oxygen atoms in total. The van der Waals surface area contributed by atoms with Gasteiger partial charge in [-0.15, -0.1) is 11.3 Å². The number of carbonyl (C=O) groups excluding carboxylic acids is 2. The van der Waals surface area contributed by atoms with Crippen LogP contribution in [0.25, 0.3) is 10.2 Å². The highest BCUT2D eigenvalue weighted by Crippen LogP contribution is 2.32. The Morgan fingerprint density at radius 2 is 1.92 bits per heavy atom. The summed E-state index contributed by atoms with van der Waals surface area (Å²) in [7, 11) is 1.44. The molecule has 4 aromatic rings. The number of alkyl halides is 3. The van der Waals surface area contributed by atoms with Gasteiger partial charge in [0, 0.05) is 10.7 Å². The number of hydrogen-bond donors (Lipinski definition) is 2. The number of carbonyl (C=O) groups is 2. The summed E-state index contributed by atoms with van der Waals surface area (Å²) in [6.45, 7) is 1.09. The Labute approximate surface area is 216 Å². The maximum atomic E-state index is 13.1. The molecule has 0 fully saturated rings. The molecule has 2 N–H and O–H groups in total. The number of aryl methyl sites for hydroxylation is 1. The van der Waals surface area contributed by atoms with Crippen molar-refractivity contribution in [3.05, 3.63) is 80.2 Å². The molecule has 0 bridgehead atoms. The van der Waals surface area contributed by atoms with Crippen molar-refractivity contribution in [3.8, 4) is 5.75 Å². The third kappa shape index (κ3) is 5.59. The van der Waals surface area contributed by atoms with Gasteiger partial charge in [-0.2, -0.15) is 13.2 Å². The van der Waals surface area contributed by atoms with Crippen molar-refractivity contribution in [2.75, 3.05) is 17.7 Å². The number of anilines is 2. The lowest BCUT2D eigenvalue weighted by molar-refractivity contribution is -0.137. The molecular weight excluding hydrogens is 533 g/mol. The molecule has 0 atom stereocenters. The lowest BCUT2D eigenvalue weighted by atomic mass is 10.2. The van der Waals surface area contributed by atoms with Gasteiger partial charge in [0.05, 0.1) is 35.0 Å². The number of nitrogens with one attached hydrogen (secondary N) is 2. The number of rotatable bonds is 6. The zero-order valence-corrected chi connectivity index (χ0v) is 20.8. The Morgan fingerprint density at radius 3 is 2.62 bits per heavy atom. The summed E-state index contributed by atoms with van der Waals surface area (Å²) in [5.74, 6) is -0.834.